The highest BCUT2D eigenvalue weighted by Crippen LogP contribution is 2.22. The molecule has 0 rings (SSSR count). The van der Waals surface area contributed by atoms with E-state index in [1.807, 2.05) is 0 Å². The first-order valence-electron chi connectivity index (χ1n) is 17.7. The molecule has 0 aromatic carbocycles. The van der Waals surface area contributed by atoms with Crippen molar-refractivity contribution in [3.63, 3.8) is 0 Å². The third-order valence-corrected chi connectivity index (χ3v) is 8.88. The fraction of sp³-hybridized carbons (Fsp3) is 0.861. The number of carbonyl (C=O) groups is 3. The van der Waals surface area contributed by atoms with Crippen LogP contribution < -0.4 is 5.11 Å². The van der Waals surface area contributed by atoms with Gasteiger partial charge >= 0.3 is 11.9 Å². The van der Waals surface area contributed by atoms with E-state index in [9.17, 15) is 29.7 Å². The van der Waals surface area contributed by atoms with E-state index in [-0.39, 0.29) is 24.1 Å². The quantitative estimate of drug-likeness (QED) is 0.0467. The van der Waals surface area contributed by atoms with Gasteiger partial charge in [0.2, 0.25) is 0 Å². The lowest BCUT2D eigenvalue weighted by atomic mass is 10.00. The second-order valence-electron chi connectivity index (χ2n) is 13.3. The largest absolute Gasteiger partial charge is 0.550 e. The Bertz CT molecular complexity index is 697. The van der Waals surface area contributed by atoms with Crippen LogP contribution in [0, 0.1) is 17.8 Å². The maximum atomic E-state index is 11.6. The summed E-state index contributed by atoms with van der Waals surface area (Å²) in [5.74, 6) is -5.22. The Balaban J connectivity index is 4.11. The van der Waals surface area contributed by atoms with Crippen molar-refractivity contribution in [2.24, 2.45) is 17.8 Å². The van der Waals surface area contributed by atoms with Crippen LogP contribution >= 0.6 is 0 Å². The second kappa shape index (κ2) is 26.5. The fourth-order valence-electron chi connectivity index (χ4n) is 6.29. The van der Waals surface area contributed by atoms with Crippen molar-refractivity contribution in [3.05, 3.63) is 12.2 Å². The molecule has 0 aliphatic rings. The van der Waals surface area contributed by atoms with Gasteiger partial charge in [-0.2, -0.15) is 0 Å². The van der Waals surface area contributed by atoms with E-state index in [1.165, 1.54) is 103 Å². The lowest BCUT2D eigenvalue weighted by Gasteiger charge is -2.43. The Morgan fingerprint density at radius 1 is 0.558 bits per heavy atom. The zero-order chi connectivity index (χ0) is 32.3. The molecule has 7 nitrogen and oxygen atoms in total. The van der Waals surface area contributed by atoms with Gasteiger partial charge in [-0.1, -0.05) is 122 Å². The topological polar surface area (TPSA) is 115 Å². The summed E-state index contributed by atoms with van der Waals surface area (Å²) in [7, 11) is 0. The standard InChI is InChI=1S/C36H67NO6/c1-5-6-7-8-9-10-11-12-13-14-15-16-17-18-19-20-21-22-23-24-25-26-27-37(28-31(2)34(38)39,29-32(3)35(40)41)30-33(4)36(42)43/h6-7,31-33H,5,8-30H2,1-4H3,(H2-,38,39,40,41,42,43)/b7-6+. The summed E-state index contributed by atoms with van der Waals surface area (Å²) in [6.45, 7) is 8.21. The summed E-state index contributed by atoms with van der Waals surface area (Å²) < 4.78 is 0.188. The summed E-state index contributed by atoms with van der Waals surface area (Å²) in [6, 6.07) is 0. The Kier molecular flexibility index (Phi) is 25.3. The molecule has 43 heavy (non-hydrogen) atoms. The predicted octanol–water partition coefficient (Wildman–Crippen LogP) is 8.01. The molecular weight excluding hydrogens is 542 g/mol. The van der Waals surface area contributed by atoms with Gasteiger partial charge in [0.05, 0.1) is 26.2 Å². The van der Waals surface area contributed by atoms with Gasteiger partial charge in [-0.05, 0) is 46.0 Å². The average Bonchev–Trinajstić information content (AvgIpc) is 2.95. The predicted molar refractivity (Wildman–Crippen MR) is 175 cm³/mol. The van der Waals surface area contributed by atoms with Gasteiger partial charge in [0.1, 0.15) is 11.8 Å². The third-order valence-electron chi connectivity index (χ3n) is 8.88. The normalized spacial score (nSPS) is 15.3. The molecule has 3 atom stereocenters. The molecule has 0 saturated heterocycles. The molecule has 0 aliphatic heterocycles. The van der Waals surface area contributed by atoms with Gasteiger partial charge in [0.25, 0.3) is 0 Å². The van der Waals surface area contributed by atoms with Crippen molar-refractivity contribution >= 4 is 17.9 Å². The number of rotatable bonds is 31. The Labute approximate surface area is 264 Å². The minimum Gasteiger partial charge on any atom is -0.550 e. The van der Waals surface area contributed by atoms with Gasteiger partial charge in [-0.15, -0.1) is 0 Å². The maximum Gasteiger partial charge on any atom is 0.311 e. The summed E-state index contributed by atoms with van der Waals surface area (Å²) in [5.41, 5.74) is 0. The number of hydrogen-bond donors (Lipinski definition) is 2. The molecule has 0 bridgehead atoms. The van der Waals surface area contributed by atoms with Gasteiger partial charge in [-0.25, -0.2) is 0 Å². The number of nitrogens with zero attached hydrogens (tertiary/aromatic N) is 1. The third kappa shape index (κ3) is 23.2. The highest BCUT2D eigenvalue weighted by Gasteiger charge is 2.36. The second-order valence-corrected chi connectivity index (χ2v) is 13.3. The lowest BCUT2D eigenvalue weighted by Crippen LogP contribution is -2.58. The highest BCUT2D eigenvalue weighted by atomic mass is 16.4. The summed E-state index contributed by atoms with van der Waals surface area (Å²) >= 11 is 0. The van der Waals surface area contributed by atoms with Crippen LogP contribution in [-0.4, -0.2) is 58.8 Å². The fourth-order valence-corrected chi connectivity index (χ4v) is 6.29. The maximum absolute atomic E-state index is 11.6. The van der Waals surface area contributed by atoms with Crippen LogP contribution in [0.4, 0.5) is 0 Å². The molecule has 0 saturated carbocycles. The monoisotopic (exact) mass is 609 g/mol. The van der Waals surface area contributed by atoms with E-state index in [4.69, 9.17) is 0 Å². The molecular formula is C36H67NO6. The number of aliphatic carboxylic acids is 3. The molecule has 0 aliphatic carbocycles. The Morgan fingerprint density at radius 3 is 1.21 bits per heavy atom. The smallest absolute Gasteiger partial charge is 0.311 e. The van der Waals surface area contributed by atoms with E-state index in [0.29, 0.717) is 6.54 Å². The van der Waals surface area contributed by atoms with Crippen molar-refractivity contribution in [1.82, 2.24) is 0 Å². The van der Waals surface area contributed by atoms with Crippen molar-refractivity contribution < 1.29 is 34.2 Å². The molecule has 0 spiro atoms. The molecule has 0 aromatic heterocycles. The number of carboxylic acid groups (broad SMARTS) is 3. The van der Waals surface area contributed by atoms with E-state index >= 15 is 0 Å². The van der Waals surface area contributed by atoms with Crippen molar-refractivity contribution in [2.75, 3.05) is 26.2 Å². The molecule has 0 heterocycles. The molecule has 0 radical (unpaired) electrons. The van der Waals surface area contributed by atoms with Gasteiger partial charge in [-0.3, -0.25) is 9.59 Å². The molecule has 0 fully saturated rings. The van der Waals surface area contributed by atoms with Crippen molar-refractivity contribution in [3.8, 4) is 0 Å². The molecule has 7 heteroatoms. The minimum atomic E-state index is -1.18. The molecule has 0 aromatic rings. The summed E-state index contributed by atoms with van der Waals surface area (Å²) in [6.07, 6.45) is 29.9. The van der Waals surface area contributed by atoms with Crippen LogP contribution in [0.25, 0.3) is 0 Å². The minimum absolute atomic E-state index is 0.188. The average molecular weight is 610 g/mol. The number of carboxylic acids is 3. The van der Waals surface area contributed by atoms with Crippen LogP contribution in [0.1, 0.15) is 156 Å². The summed E-state index contributed by atoms with van der Waals surface area (Å²) in [5, 5.41) is 30.6. The van der Waals surface area contributed by atoms with E-state index in [2.05, 4.69) is 19.1 Å². The zero-order valence-corrected chi connectivity index (χ0v) is 28.3. The van der Waals surface area contributed by atoms with Crippen LogP contribution in [0.3, 0.4) is 0 Å². The van der Waals surface area contributed by atoms with Gasteiger partial charge < -0.3 is 24.6 Å². The first-order valence-corrected chi connectivity index (χ1v) is 17.7. The lowest BCUT2D eigenvalue weighted by molar-refractivity contribution is -0.934. The SMILES string of the molecule is CC/C=C/CCCCCCCCCCCCCCCCCCCC[N+](CC(C)C(=O)[O-])(CC(C)C(=O)O)CC(C)C(=O)O. The van der Waals surface area contributed by atoms with Crippen molar-refractivity contribution in [2.45, 2.75) is 156 Å². The number of allylic oxidation sites excluding steroid dienone is 2. The Hall–Kier alpha value is -1.89. The van der Waals surface area contributed by atoms with Crippen LogP contribution in [0.15, 0.2) is 12.2 Å². The number of quaternary nitrogens is 1. The molecule has 2 N–H and O–H groups in total. The number of unbranched alkanes of at least 4 members (excludes halogenated alkanes) is 18. The number of carbonyl (C=O) groups excluding carboxylic acids is 1. The first kappa shape index (κ1) is 41.1. The summed E-state index contributed by atoms with van der Waals surface area (Å²) in [4.78, 5) is 34.8. The Morgan fingerprint density at radius 2 is 0.884 bits per heavy atom. The van der Waals surface area contributed by atoms with E-state index in [0.717, 1.165) is 25.7 Å². The van der Waals surface area contributed by atoms with Crippen LogP contribution in [0.5, 0.6) is 0 Å². The van der Waals surface area contributed by atoms with Crippen molar-refractivity contribution in [1.29, 1.82) is 0 Å². The number of hydrogen-bond acceptors (Lipinski definition) is 4. The molecule has 0 amide bonds. The molecule has 3 unspecified atom stereocenters. The van der Waals surface area contributed by atoms with Gasteiger partial charge in [0.15, 0.2) is 0 Å². The first-order chi connectivity index (χ1) is 20.5. The molecule has 252 valence electrons. The van der Waals surface area contributed by atoms with Crippen LogP contribution in [0.2, 0.25) is 0 Å². The van der Waals surface area contributed by atoms with Crippen LogP contribution in [-0.2, 0) is 14.4 Å². The zero-order valence-electron chi connectivity index (χ0n) is 28.3. The van der Waals surface area contributed by atoms with E-state index in [1.54, 1.807) is 20.8 Å². The highest BCUT2D eigenvalue weighted by molar-refractivity contribution is 5.70. The van der Waals surface area contributed by atoms with E-state index < -0.39 is 35.7 Å². The van der Waals surface area contributed by atoms with Gasteiger partial charge in [0, 0.05) is 11.9 Å².